The fraction of sp³-hybridized carbons (Fsp3) is 0.130. The van der Waals surface area contributed by atoms with E-state index < -0.39 is 23.7 Å². The fourth-order valence-electron chi connectivity index (χ4n) is 3.99. The smallest absolute Gasteiger partial charge is 0.332 e. The van der Waals surface area contributed by atoms with Crippen LogP contribution in [-0.2, 0) is 18.4 Å². The van der Waals surface area contributed by atoms with Gasteiger partial charge in [0, 0.05) is 24.5 Å². The molecule has 3 heterocycles. The Morgan fingerprint density at radius 3 is 2.39 bits per heavy atom. The molecule has 0 fully saturated rings. The second-order valence-corrected chi connectivity index (χ2v) is 7.57. The van der Waals surface area contributed by atoms with Crippen LogP contribution in [0, 0.1) is 0 Å². The Balaban J connectivity index is 1.91. The molecule has 3 aromatic heterocycles. The van der Waals surface area contributed by atoms with E-state index in [1.807, 2.05) is 59.2 Å². The van der Waals surface area contributed by atoms with Gasteiger partial charge in [-0.3, -0.25) is 23.1 Å². The van der Waals surface area contributed by atoms with Crippen molar-refractivity contribution in [1.82, 2.24) is 23.1 Å². The summed E-state index contributed by atoms with van der Waals surface area (Å²) in [6.07, 6.45) is 1.80. The summed E-state index contributed by atoms with van der Waals surface area (Å²) < 4.78 is 10.9. The third-order valence-electron chi connectivity index (χ3n) is 5.56. The van der Waals surface area contributed by atoms with E-state index in [1.165, 1.54) is 11.6 Å². The van der Waals surface area contributed by atoms with Crippen LogP contribution in [0.4, 0.5) is 0 Å². The lowest BCUT2D eigenvalue weighted by Gasteiger charge is -2.10. The van der Waals surface area contributed by atoms with Crippen molar-refractivity contribution in [3.05, 3.63) is 81.6 Å². The van der Waals surface area contributed by atoms with E-state index in [9.17, 15) is 14.4 Å². The zero-order valence-electron chi connectivity index (χ0n) is 17.9. The summed E-state index contributed by atoms with van der Waals surface area (Å²) in [5.74, 6) is 0.362. The maximum Gasteiger partial charge on any atom is 0.332 e. The first kappa shape index (κ1) is 20.3. The lowest BCUT2D eigenvalue weighted by Crippen LogP contribution is -2.42. The van der Waals surface area contributed by atoms with Crippen LogP contribution in [0.5, 0.6) is 5.75 Å². The van der Waals surface area contributed by atoms with E-state index in [0.29, 0.717) is 11.5 Å². The number of nitrogens with two attached hydrogens (primary N) is 1. The Morgan fingerprint density at radius 1 is 1.06 bits per heavy atom. The molecular weight excluding hydrogens is 424 g/mol. The maximum absolute atomic E-state index is 13.2. The SMILES string of the molecule is COc1ccc(-n2c(-c3ccccc3)cn3c4c(=O)n(CC(N)=O)c(=O)n(C)c4nc23)cc1. The maximum atomic E-state index is 13.2. The van der Waals surface area contributed by atoms with Gasteiger partial charge in [0.1, 0.15) is 12.3 Å². The van der Waals surface area contributed by atoms with Gasteiger partial charge in [0.05, 0.1) is 12.8 Å². The average molecular weight is 444 g/mol. The Hall–Kier alpha value is -4.60. The molecular formula is C23H20N6O4. The van der Waals surface area contributed by atoms with Crippen molar-refractivity contribution in [3.63, 3.8) is 0 Å². The normalized spacial score (nSPS) is 11.3. The van der Waals surface area contributed by atoms with Crippen molar-refractivity contribution in [2.24, 2.45) is 12.8 Å². The number of ether oxygens (including phenoxy) is 1. The van der Waals surface area contributed by atoms with Crippen LogP contribution >= 0.6 is 0 Å². The third kappa shape index (κ3) is 3.11. The lowest BCUT2D eigenvalue weighted by atomic mass is 10.1. The zero-order valence-corrected chi connectivity index (χ0v) is 17.9. The molecule has 1 amide bonds. The largest absolute Gasteiger partial charge is 0.497 e. The summed E-state index contributed by atoms with van der Waals surface area (Å²) in [7, 11) is 3.10. The molecule has 0 unspecified atom stereocenters. The number of aromatic nitrogens is 5. The first-order chi connectivity index (χ1) is 15.9. The Labute approximate surface area is 186 Å². The zero-order chi connectivity index (χ0) is 23.3. The van der Waals surface area contributed by atoms with Crippen LogP contribution in [0.2, 0.25) is 0 Å². The van der Waals surface area contributed by atoms with Gasteiger partial charge in [-0.05, 0) is 24.3 Å². The minimum absolute atomic E-state index is 0.179. The number of rotatable bonds is 5. The molecule has 0 aliphatic rings. The van der Waals surface area contributed by atoms with Gasteiger partial charge in [-0.15, -0.1) is 0 Å². The number of methoxy groups -OCH3 is 1. The second kappa shape index (κ2) is 7.52. The highest BCUT2D eigenvalue weighted by molar-refractivity contribution is 5.80. The van der Waals surface area contributed by atoms with Crippen LogP contribution in [-0.4, -0.2) is 36.1 Å². The molecule has 33 heavy (non-hydrogen) atoms. The number of carbonyl (C=O) groups is 1. The Kier molecular flexibility index (Phi) is 4.63. The molecule has 10 heteroatoms. The number of aryl methyl sites for hydroxylation is 1. The molecule has 2 aromatic carbocycles. The highest BCUT2D eigenvalue weighted by atomic mass is 16.5. The molecule has 5 rings (SSSR count). The van der Waals surface area contributed by atoms with E-state index >= 15 is 0 Å². The first-order valence-electron chi connectivity index (χ1n) is 10.1. The number of benzene rings is 2. The van der Waals surface area contributed by atoms with Crippen LogP contribution in [0.25, 0.3) is 33.9 Å². The number of hydrogen-bond donors (Lipinski definition) is 1. The lowest BCUT2D eigenvalue weighted by molar-refractivity contribution is -0.118. The molecule has 10 nitrogen and oxygen atoms in total. The van der Waals surface area contributed by atoms with E-state index in [0.717, 1.165) is 21.5 Å². The molecule has 0 spiro atoms. The molecule has 5 aromatic rings. The van der Waals surface area contributed by atoms with Crippen molar-refractivity contribution < 1.29 is 9.53 Å². The third-order valence-corrected chi connectivity index (χ3v) is 5.56. The predicted molar refractivity (Wildman–Crippen MR) is 123 cm³/mol. The molecule has 0 saturated heterocycles. The molecule has 0 radical (unpaired) electrons. The molecule has 0 atom stereocenters. The first-order valence-corrected chi connectivity index (χ1v) is 10.1. The average Bonchev–Trinajstić information content (AvgIpc) is 3.37. The van der Waals surface area contributed by atoms with Crippen molar-refractivity contribution in [1.29, 1.82) is 0 Å². The topological polar surface area (TPSA) is 119 Å². The van der Waals surface area contributed by atoms with Gasteiger partial charge in [0.25, 0.3) is 5.56 Å². The van der Waals surface area contributed by atoms with Crippen molar-refractivity contribution >= 4 is 22.8 Å². The van der Waals surface area contributed by atoms with E-state index in [2.05, 4.69) is 4.98 Å². The van der Waals surface area contributed by atoms with E-state index in [-0.39, 0.29) is 11.2 Å². The van der Waals surface area contributed by atoms with Crippen molar-refractivity contribution in [2.45, 2.75) is 6.54 Å². The second-order valence-electron chi connectivity index (χ2n) is 7.57. The highest BCUT2D eigenvalue weighted by Crippen LogP contribution is 2.29. The van der Waals surface area contributed by atoms with Gasteiger partial charge in [-0.2, -0.15) is 4.98 Å². The monoisotopic (exact) mass is 444 g/mol. The number of carbonyl (C=O) groups excluding carboxylic acids is 1. The molecule has 0 bridgehead atoms. The van der Waals surface area contributed by atoms with Gasteiger partial charge in [-0.1, -0.05) is 30.3 Å². The number of imidazole rings is 2. The van der Waals surface area contributed by atoms with Gasteiger partial charge < -0.3 is 10.5 Å². The van der Waals surface area contributed by atoms with Gasteiger partial charge in [0.15, 0.2) is 11.2 Å². The Bertz CT molecular complexity index is 1640. The van der Waals surface area contributed by atoms with Crippen LogP contribution in [0.3, 0.4) is 0 Å². The van der Waals surface area contributed by atoms with Crippen LogP contribution in [0.15, 0.2) is 70.4 Å². The molecule has 166 valence electrons. The predicted octanol–water partition coefficient (Wildman–Crippen LogP) is 1.30. The standard InChI is InChI=1S/C23H20N6O4/c1-26-20-19(21(31)28(23(26)32)13-18(24)30)27-12-17(14-6-4-3-5-7-14)29(22(27)25-20)15-8-10-16(33-2)11-9-15/h3-12H,13H2,1-2H3,(H2,24,30). The van der Waals surface area contributed by atoms with Crippen molar-refractivity contribution in [2.75, 3.05) is 7.11 Å². The number of primary amides is 1. The van der Waals surface area contributed by atoms with Gasteiger partial charge in [-0.25, -0.2) is 9.36 Å². The van der Waals surface area contributed by atoms with Gasteiger partial charge in [0.2, 0.25) is 11.7 Å². The fourth-order valence-corrected chi connectivity index (χ4v) is 3.99. The minimum atomic E-state index is -0.782. The summed E-state index contributed by atoms with van der Waals surface area (Å²) in [5.41, 5.74) is 6.86. The molecule has 0 aliphatic carbocycles. The van der Waals surface area contributed by atoms with Crippen LogP contribution in [0.1, 0.15) is 0 Å². The number of nitrogens with zero attached hydrogens (tertiary/aromatic N) is 5. The molecule has 0 aliphatic heterocycles. The van der Waals surface area contributed by atoms with Gasteiger partial charge >= 0.3 is 5.69 Å². The highest BCUT2D eigenvalue weighted by Gasteiger charge is 2.23. The Morgan fingerprint density at radius 2 is 1.76 bits per heavy atom. The number of fused-ring (bicyclic) bond motifs is 3. The van der Waals surface area contributed by atoms with E-state index in [1.54, 1.807) is 17.7 Å². The summed E-state index contributed by atoms with van der Waals surface area (Å²) in [5, 5.41) is 0. The number of hydrogen-bond acceptors (Lipinski definition) is 5. The summed E-state index contributed by atoms with van der Waals surface area (Å²) in [4.78, 5) is 42.1. The number of amides is 1. The summed E-state index contributed by atoms with van der Waals surface area (Å²) in [6, 6.07) is 17.1. The molecule has 2 N–H and O–H groups in total. The van der Waals surface area contributed by atoms with Crippen molar-refractivity contribution in [3.8, 4) is 22.7 Å². The minimum Gasteiger partial charge on any atom is -0.497 e. The van der Waals surface area contributed by atoms with Crippen LogP contribution < -0.4 is 21.7 Å². The molecule has 0 saturated carbocycles. The van der Waals surface area contributed by atoms with E-state index in [4.69, 9.17) is 10.5 Å². The summed E-state index contributed by atoms with van der Waals surface area (Å²) >= 11 is 0. The summed E-state index contributed by atoms with van der Waals surface area (Å²) in [6.45, 7) is -0.514. The quantitative estimate of drug-likeness (QED) is 0.438.